The minimum Gasteiger partial charge on any atom is -0.0843 e. The summed E-state index contributed by atoms with van der Waals surface area (Å²) >= 11 is 5.92. The molecule has 0 heterocycles. The maximum atomic E-state index is 5.92. The Kier molecular flexibility index (Phi) is 4.66. The summed E-state index contributed by atoms with van der Waals surface area (Å²) in [4.78, 5) is 0. The van der Waals surface area contributed by atoms with Crippen molar-refractivity contribution >= 4 is 11.6 Å². The molecule has 0 nitrogen and oxygen atoms in total. The van der Waals surface area contributed by atoms with E-state index in [0.717, 1.165) is 5.02 Å². The molecule has 19 heavy (non-hydrogen) atoms. The number of hydrogen-bond donors (Lipinski definition) is 0. The van der Waals surface area contributed by atoms with Crippen molar-refractivity contribution in [3.8, 4) is 11.1 Å². The molecule has 0 fully saturated rings. The Hall–Kier alpha value is -1.27. The van der Waals surface area contributed by atoms with Crippen LogP contribution in [-0.2, 0) is 0 Å². The molecule has 1 unspecified atom stereocenters. The van der Waals surface area contributed by atoms with Crippen molar-refractivity contribution in [3.05, 3.63) is 59.1 Å². The molecule has 0 aliphatic rings. The fraction of sp³-hybridized carbons (Fsp3) is 0.333. The number of halogens is 1. The maximum absolute atomic E-state index is 5.92. The van der Waals surface area contributed by atoms with Crippen molar-refractivity contribution in [1.29, 1.82) is 0 Å². The Morgan fingerprint density at radius 3 is 1.74 bits per heavy atom. The largest absolute Gasteiger partial charge is 0.0843 e. The monoisotopic (exact) mass is 272 g/mol. The van der Waals surface area contributed by atoms with Gasteiger partial charge in [-0.3, -0.25) is 0 Å². The van der Waals surface area contributed by atoms with Crippen LogP contribution in [0.25, 0.3) is 11.1 Å². The maximum Gasteiger partial charge on any atom is 0.0406 e. The van der Waals surface area contributed by atoms with Gasteiger partial charge in [-0.05, 0) is 47.1 Å². The second kappa shape index (κ2) is 6.25. The van der Waals surface area contributed by atoms with E-state index in [2.05, 4.69) is 57.2 Å². The molecule has 0 radical (unpaired) electrons. The van der Waals surface area contributed by atoms with Crippen LogP contribution in [0.4, 0.5) is 0 Å². The predicted molar refractivity (Wildman–Crippen MR) is 84.8 cm³/mol. The molecule has 2 aromatic carbocycles. The first kappa shape index (κ1) is 14.1. The molecule has 1 atom stereocenters. The van der Waals surface area contributed by atoms with E-state index in [1.807, 2.05) is 12.1 Å². The van der Waals surface area contributed by atoms with E-state index < -0.39 is 0 Å². The molecular formula is C18H21Cl. The highest BCUT2D eigenvalue weighted by atomic mass is 35.5. The molecule has 2 rings (SSSR count). The quantitative estimate of drug-likeness (QED) is 0.625. The lowest BCUT2D eigenvalue weighted by atomic mass is 9.86. The van der Waals surface area contributed by atoms with Gasteiger partial charge in [0, 0.05) is 5.02 Å². The summed E-state index contributed by atoms with van der Waals surface area (Å²) in [5, 5.41) is 0.784. The Morgan fingerprint density at radius 1 is 0.842 bits per heavy atom. The van der Waals surface area contributed by atoms with Crippen LogP contribution < -0.4 is 0 Å². The van der Waals surface area contributed by atoms with E-state index in [-0.39, 0.29) is 0 Å². The van der Waals surface area contributed by atoms with Gasteiger partial charge in [0.05, 0.1) is 0 Å². The molecule has 0 saturated heterocycles. The number of benzene rings is 2. The van der Waals surface area contributed by atoms with E-state index in [1.54, 1.807) is 0 Å². The van der Waals surface area contributed by atoms with Crippen LogP contribution in [0.3, 0.4) is 0 Å². The zero-order chi connectivity index (χ0) is 13.8. The van der Waals surface area contributed by atoms with Gasteiger partial charge in [0.1, 0.15) is 0 Å². The molecule has 0 aliphatic carbocycles. The van der Waals surface area contributed by atoms with Crippen molar-refractivity contribution in [2.75, 3.05) is 0 Å². The van der Waals surface area contributed by atoms with Crippen LogP contribution in [0.5, 0.6) is 0 Å². The number of hydrogen-bond acceptors (Lipinski definition) is 0. The molecule has 2 aromatic rings. The van der Waals surface area contributed by atoms with Crippen molar-refractivity contribution in [2.24, 2.45) is 5.92 Å². The average molecular weight is 273 g/mol. The van der Waals surface area contributed by atoms with Gasteiger partial charge in [0.25, 0.3) is 0 Å². The fourth-order valence-corrected chi connectivity index (χ4v) is 2.78. The summed E-state index contributed by atoms with van der Waals surface area (Å²) in [6.07, 6.45) is 1.19. The van der Waals surface area contributed by atoms with Crippen molar-refractivity contribution in [2.45, 2.75) is 33.1 Å². The van der Waals surface area contributed by atoms with E-state index in [1.165, 1.54) is 23.1 Å². The van der Waals surface area contributed by atoms with Gasteiger partial charge < -0.3 is 0 Å². The van der Waals surface area contributed by atoms with Crippen molar-refractivity contribution < 1.29 is 0 Å². The van der Waals surface area contributed by atoms with Gasteiger partial charge in [0.15, 0.2) is 0 Å². The van der Waals surface area contributed by atoms with E-state index >= 15 is 0 Å². The van der Waals surface area contributed by atoms with Crippen LogP contribution in [-0.4, -0.2) is 0 Å². The summed E-state index contributed by atoms with van der Waals surface area (Å²) in [6, 6.07) is 17.0. The van der Waals surface area contributed by atoms with E-state index in [4.69, 9.17) is 11.6 Å². The van der Waals surface area contributed by atoms with Crippen molar-refractivity contribution in [1.82, 2.24) is 0 Å². The first-order valence-corrected chi connectivity index (χ1v) is 7.35. The second-order valence-electron chi connectivity index (χ2n) is 5.39. The molecular weight excluding hydrogens is 252 g/mol. The third-order valence-corrected chi connectivity index (χ3v) is 4.01. The standard InChI is InChI=1S/C18H21Cl/c1-4-18(13(2)3)16-7-5-14(6-8-16)15-9-11-17(19)12-10-15/h5-13,18H,4H2,1-3H3. The third kappa shape index (κ3) is 3.39. The zero-order valence-corrected chi connectivity index (χ0v) is 12.6. The zero-order valence-electron chi connectivity index (χ0n) is 11.9. The molecule has 1 heteroatoms. The average Bonchev–Trinajstić information content (AvgIpc) is 2.41. The van der Waals surface area contributed by atoms with Crippen LogP contribution in [0.15, 0.2) is 48.5 Å². The smallest absolute Gasteiger partial charge is 0.0406 e. The highest BCUT2D eigenvalue weighted by molar-refractivity contribution is 6.30. The predicted octanol–water partition coefficient (Wildman–Crippen LogP) is 6.16. The lowest BCUT2D eigenvalue weighted by Gasteiger charge is -2.19. The summed E-state index contributed by atoms with van der Waals surface area (Å²) in [5.41, 5.74) is 3.91. The minimum atomic E-state index is 0.652. The van der Waals surface area contributed by atoms with E-state index in [9.17, 15) is 0 Å². The van der Waals surface area contributed by atoms with Gasteiger partial charge in [-0.25, -0.2) is 0 Å². The normalized spacial score (nSPS) is 12.7. The second-order valence-corrected chi connectivity index (χ2v) is 5.82. The first-order chi connectivity index (χ1) is 9.11. The molecule has 0 amide bonds. The van der Waals surface area contributed by atoms with Crippen LogP contribution in [0.2, 0.25) is 5.02 Å². The lowest BCUT2D eigenvalue weighted by molar-refractivity contribution is 0.485. The van der Waals surface area contributed by atoms with E-state index in [0.29, 0.717) is 11.8 Å². The molecule has 0 saturated carbocycles. The van der Waals surface area contributed by atoms with Crippen LogP contribution in [0.1, 0.15) is 38.7 Å². The lowest BCUT2D eigenvalue weighted by Crippen LogP contribution is -2.05. The summed E-state index contributed by atoms with van der Waals surface area (Å²) < 4.78 is 0. The van der Waals surface area contributed by atoms with Gasteiger partial charge in [-0.2, -0.15) is 0 Å². The Labute approximate surface area is 121 Å². The minimum absolute atomic E-state index is 0.652. The number of rotatable bonds is 4. The Morgan fingerprint density at radius 2 is 1.32 bits per heavy atom. The molecule has 0 aliphatic heterocycles. The topological polar surface area (TPSA) is 0 Å². The molecule has 100 valence electrons. The van der Waals surface area contributed by atoms with Crippen molar-refractivity contribution in [3.63, 3.8) is 0 Å². The molecule has 0 aromatic heterocycles. The SMILES string of the molecule is CCC(c1ccc(-c2ccc(Cl)cc2)cc1)C(C)C. The molecule has 0 bridgehead atoms. The molecule has 0 N–H and O–H groups in total. The van der Waals surface area contributed by atoms with Gasteiger partial charge in [-0.1, -0.05) is 68.8 Å². The van der Waals surface area contributed by atoms with Crippen LogP contribution in [0, 0.1) is 5.92 Å². The summed E-state index contributed by atoms with van der Waals surface area (Å²) in [6.45, 7) is 6.85. The third-order valence-electron chi connectivity index (χ3n) is 3.76. The van der Waals surface area contributed by atoms with Gasteiger partial charge >= 0.3 is 0 Å². The highest BCUT2D eigenvalue weighted by Gasteiger charge is 2.13. The Bertz CT molecular complexity index is 508. The van der Waals surface area contributed by atoms with Gasteiger partial charge in [-0.15, -0.1) is 0 Å². The van der Waals surface area contributed by atoms with Gasteiger partial charge in [0.2, 0.25) is 0 Å². The molecule has 0 spiro atoms. The highest BCUT2D eigenvalue weighted by Crippen LogP contribution is 2.29. The summed E-state index contributed by atoms with van der Waals surface area (Å²) in [5.74, 6) is 1.34. The Balaban J connectivity index is 2.25. The van der Waals surface area contributed by atoms with Crippen LogP contribution >= 0.6 is 11.6 Å². The summed E-state index contributed by atoms with van der Waals surface area (Å²) in [7, 11) is 0. The fourth-order valence-electron chi connectivity index (χ4n) is 2.66. The first-order valence-electron chi connectivity index (χ1n) is 6.97.